The fraction of sp³-hybridized carbons (Fsp3) is 0.375. The molecule has 0 radical (unpaired) electrons. The Kier molecular flexibility index (Phi) is 5.62. The quantitative estimate of drug-likeness (QED) is 0.644. The van der Waals surface area contributed by atoms with Crippen molar-refractivity contribution in [1.82, 2.24) is 20.9 Å². The van der Waals surface area contributed by atoms with E-state index in [0.717, 1.165) is 0 Å². The largest absolute Gasteiger partial charge is 0.494 e. The van der Waals surface area contributed by atoms with Crippen molar-refractivity contribution in [3.8, 4) is 5.75 Å². The van der Waals surface area contributed by atoms with Gasteiger partial charge in [-0.25, -0.2) is 9.18 Å². The molecule has 0 unspecified atom stereocenters. The molecule has 0 bridgehead atoms. The normalized spacial score (nSPS) is 10.5. The Labute approximate surface area is 138 Å². The molecule has 1 aromatic carbocycles. The molecule has 2 aromatic rings. The third-order valence-electron chi connectivity index (χ3n) is 3.63. The van der Waals surface area contributed by atoms with E-state index in [-0.39, 0.29) is 17.7 Å². The zero-order chi connectivity index (χ0) is 17.7. The summed E-state index contributed by atoms with van der Waals surface area (Å²) in [5, 5.41) is 8.58. The van der Waals surface area contributed by atoms with Crippen LogP contribution in [-0.4, -0.2) is 44.2 Å². The number of benzene rings is 1. The van der Waals surface area contributed by atoms with Crippen LogP contribution in [0.5, 0.6) is 5.75 Å². The third-order valence-corrected chi connectivity index (χ3v) is 3.63. The lowest BCUT2D eigenvalue weighted by Gasteiger charge is -2.07. The lowest BCUT2D eigenvalue weighted by Crippen LogP contribution is -2.36. The van der Waals surface area contributed by atoms with E-state index in [2.05, 4.69) is 20.9 Å². The number of rotatable bonds is 6. The molecule has 3 amide bonds. The van der Waals surface area contributed by atoms with Crippen molar-refractivity contribution in [1.29, 1.82) is 0 Å². The Morgan fingerprint density at radius 2 is 2.04 bits per heavy atom. The van der Waals surface area contributed by atoms with Crippen LogP contribution in [0.1, 0.15) is 23.0 Å². The Bertz CT molecular complexity index is 757. The van der Waals surface area contributed by atoms with Crippen molar-refractivity contribution in [3.63, 3.8) is 0 Å². The Hall–Kier alpha value is -2.77. The zero-order valence-corrected chi connectivity index (χ0v) is 13.9. The highest BCUT2D eigenvalue weighted by atomic mass is 19.1. The number of hydrogen-bond acceptors (Lipinski definition) is 3. The van der Waals surface area contributed by atoms with Gasteiger partial charge in [0.2, 0.25) is 0 Å². The lowest BCUT2D eigenvalue weighted by atomic mass is 10.1. The van der Waals surface area contributed by atoms with Gasteiger partial charge in [-0.2, -0.15) is 0 Å². The Morgan fingerprint density at radius 1 is 1.29 bits per heavy atom. The monoisotopic (exact) mass is 336 g/mol. The molecular formula is C16H21FN4O3. The highest BCUT2D eigenvalue weighted by Gasteiger charge is 2.19. The first-order chi connectivity index (χ1) is 11.5. The molecule has 0 aliphatic carbocycles. The summed E-state index contributed by atoms with van der Waals surface area (Å²) in [5.41, 5.74) is 1.54. The maximum atomic E-state index is 13.9. The topological polar surface area (TPSA) is 95.3 Å². The number of carbonyl (C=O) groups is 2. The van der Waals surface area contributed by atoms with E-state index in [0.29, 0.717) is 41.7 Å². The van der Waals surface area contributed by atoms with Crippen LogP contribution in [0.4, 0.5) is 9.18 Å². The summed E-state index contributed by atoms with van der Waals surface area (Å²) in [6, 6.07) is 2.57. The number of halogens is 1. The van der Waals surface area contributed by atoms with Crippen molar-refractivity contribution in [2.24, 2.45) is 0 Å². The summed E-state index contributed by atoms with van der Waals surface area (Å²) in [4.78, 5) is 26.5. The Morgan fingerprint density at radius 3 is 2.67 bits per heavy atom. The van der Waals surface area contributed by atoms with E-state index in [1.165, 1.54) is 20.2 Å². The summed E-state index contributed by atoms with van der Waals surface area (Å²) in [6.07, 6.45) is 0.411. The number of ether oxygens (including phenoxy) is 1. The second-order valence-electron chi connectivity index (χ2n) is 5.13. The van der Waals surface area contributed by atoms with E-state index in [4.69, 9.17) is 4.74 Å². The fourth-order valence-electron chi connectivity index (χ4n) is 2.51. The number of hydrogen-bond donors (Lipinski definition) is 4. The molecule has 1 aromatic heterocycles. The molecule has 8 heteroatoms. The first-order valence-corrected chi connectivity index (χ1v) is 7.63. The molecule has 7 nitrogen and oxygen atoms in total. The van der Waals surface area contributed by atoms with Gasteiger partial charge >= 0.3 is 6.03 Å². The average molecular weight is 336 g/mol. The summed E-state index contributed by atoms with van der Waals surface area (Å²) in [6.45, 7) is 2.69. The van der Waals surface area contributed by atoms with E-state index < -0.39 is 5.82 Å². The van der Waals surface area contributed by atoms with E-state index in [1.807, 2.05) is 6.92 Å². The molecule has 4 N–H and O–H groups in total. The van der Waals surface area contributed by atoms with Crippen LogP contribution in [-0.2, 0) is 6.42 Å². The smallest absolute Gasteiger partial charge is 0.314 e. The molecule has 0 atom stereocenters. The van der Waals surface area contributed by atoms with Crippen molar-refractivity contribution < 1.29 is 18.7 Å². The molecule has 1 heterocycles. The molecule has 0 saturated heterocycles. The van der Waals surface area contributed by atoms with Crippen molar-refractivity contribution in [2.45, 2.75) is 13.3 Å². The van der Waals surface area contributed by atoms with Crippen LogP contribution in [0.2, 0.25) is 0 Å². The molecular weight excluding hydrogens is 315 g/mol. The molecule has 24 heavy (non-hydrogen) atoms. The predicted octanol–water partition coefficient (Wildman–Crippen LogP) is 1.54. The SMILES string of the molecule is CCNC(=O)NCCc1c(C(=O)NC)[nH]c2cc(F)c(OC)cc12. The first kappa shape index (κ1) is 17.6. The van der Waals surface area contributed by atoms with Gasteiger partial charge in [0.05, 0.1) is 7.11 Å². The third kappa shape index (κ3) is 3.58. The van der Waals surface area contributed by atoms with Crippen LogP contribution in [0, 0.1) is 5.82 Å². The number of aromatic nitrogens is 1. The number of methoxy groups -OCH3 is 1. The van der Waals surface area contributed by atoms with Gasteiger partial charge in [-0.3, -0.25) is 4.79 Å². The molecule has 0 aliphatic heterocycles. The first-order valence-electron chi connectivity index (χ1n) is 7.63. The maximum Gasteiger partial charge on any atom is 0.314 e. The van der Waals surface area contributed by atoms with Crippen LogP contribution < -0.4 is 20.7 Å². The molecule has 0 spiro atoms. The van der Waals surface area contributed by atoms with E-state index >= 15 is 0 Å². The zero-order valence-electron chi connectivity index (χ0n) is 13.9. The number of urea groups is 1. The minimum absolute atomic E-state index is 0.0999. The van der Waals surface area contributed by atoms with E-state index in [9.17, 15) is 14.0 Å². The van der Waals surface area contributed by atoms with Crippen LogP contribution in [0.25, 0.3) is 10.9 Å². The number of carbonyl (C=O) groups excluding carboxylic acids is 2. The number of H-pyrrole nitrogens is 1. The minimum Gasteiger partial charge on any atom is -0.494 e. The molecule has 0 fully saturated rings. The molecule has 0 aliphatic rings. The number of aromatic amines is 1. The van der Waals surface area contributed by atoms with Crippen molar-refractivity contribution in [3.05, 3.63) is 29.2 Å². The van der Waals surface area contributed by atoms with Crippen LogP contribution in [0.3, 0.4) is 0 Å². The second-order valence-corrected chi connectivity index (χ2v) is 5.13. The van der Waals surface area contributed by atoms with Crippen LogP contribution >= 0.6 is 0 Å². The van der Waals surface area contributed by atoms with Crippen LogP contribution in [0.15, 0.2) is 12.1 Å². The van der Waals surface area contributed by atoms with Gasteiger partial charge in [-0.15, -0.1) is 0 Å². The minimum atomic E-state index is -0.512. The van der Waals surface area contributed by atoms with Crippen molar-refractivity contribution in [2.75, 3.05) is 27.2 Å². The van der Waals surface area contributed by atoms with Gasteiger partial charge in [0.15, 0.2) is 11.6 Å². The van der Waals surface area contributed by atoms with Gasteiger partial charge in [-0.1, -0.05) is 0 Å². The summed E-state index contributed by atoms with van der Waals surface area (Å²) in [5.74, 6) is -0.719. The summed E-state index contributed by atoms with van der Waals surface area (Å²) >= 11 is 0. The number of nitrogens with one attached hydrogen (secondary N) is 4. The molecule has 130 valence electrons. The second kappa shape index (κ2) is 7.67. The number of fused-ring (bicyclic) bond motifs is 1. The highest BCUT2D eigenvalue weighted by Crippen LogP contribution is 2.29. The van der Waals surface area contributed by atoms with Crippen molar-refractivity contribution >= 4 is 22.8 Å². The molecule has 2 rings (SSSR count). The van der Waals surface area contributed by atoms with E-state index in [1.54, 1.807) is 6.07 Å². The lowest BCUT2D eigenvalue weighted by molar-refractivity contribution is 0.0958. The summed E-state index contributed by atoms with van der Waals surface area (Å²) in [7, 11) is 2.90. The van der Waals surface area contributed by atoms with Gasteiger partial charge in [0.1, 0.15) is 5.69 Å². The fourth-order valence-corrected chi connectivity index (χ4v) is 2.51. The molecule has 0 saturated carbocycles. The van der Waals surface area contributed by atoms with Gasteiger partial charge in [-0.05, 0) is 25.0 Å². The maximum absolute atomic E-state index is 13.9. The Balaban J connectivity index is 2.36. The highest BCUT2D eigenvalue weighted by molar-refractivity contribution is 6.01. The standard InChI is InChI=1S/C16H21FN4O3/c1-4-19-16(23)20-6-5-9-10-7-13(24-3)11(17)8-12(10)21-14(9)15(22)18-2/h7-8,21H,4-6H2,1-3H3,(H,18,22)(H2,19,20,23). The predicted molar refractivity (Wildman–Crippen MR) is 89.0 cm³/mol. The summed E-state index contributed by atoms with van der Waals surface area (Å²) < 4.78 is 18.9. The van der Waals surface area contributed by atoms with Gasteiger partial charge < -0.3 is 25.7 Å². The van der Waals surface area contributed by atoms with Gasteiger partial charge in [0.25, 0.3) is 5.91 Å². The average Bonchev–Trinajstić information content (AvgIpc) is 2.91. The van der Waals surface area contributed by atoms with Gasteiger partial charge in [0, 0.05) is 37.1 Å². The number of amides is 3.